The molecular formula is C13H10N2Te. The van der Waals surface area contributed by atoms with Crippen LogP contribution in [0.1, 0.15) is 0 Å². The molecular weight excluding hydrogens is 312 g/mol. The van der Waals surface area contributed by atoms with Crippen molar-refractivity contribution >= 4 is 37.1 Å². The van der Waals surface area contributed by atoms with E-state index in [9.17, 15) is 0 Å². The van der Waals surface area contributed by atoms with E-state index >= 15 is 0 Å². The summed E-state index contributed by atoms with van der Waals surface area (Å²) in [5.74, 6) is 0. The Kier molecular flexibility index (Phi) is 2.19. The van der Waals surface area contributed by atoms with Gasteiger partial charge in [0.1, 0.15) is 0 Å². The molecule has 2 aromatic carbocycles. The normalized spacial score (nSPS) is 11.5. The van der Waals surface area contributed by atoms with Crippen LogP contribution in [0.5, 0.6) is 0 Å². The van der Waals surface area contributed by atoms with Gasteiger partial charge in [0.25, 0.3) is 0 Å². The first-order valence-corrected chi connectivity index (χ1v) is 7.29. The van der Waals surface area contributed by atoms with Gasteiger partial charge in [-0.05, 0) is 0 Å². The first-order valence-electron chi connectivity index (χ1n) is 4.96. The third-order valence-electron chi connectivity index (χ3n) is 2.50. The number of fused-ring (bicyclic) bond motifs is 2. The zero-order chi connectivity index (χ0) is 11.1. The number of anilines is 2. The second-order valence-corrected chi connectivity index (χ2v) is 6.83. The van der Waals surface area contributed by atoms with Crippen LogP contribution in [0.25, 0.3) is 5.73 Å². The molecule has 2 aromatic rings. The Morgan fingerprint density at radius 1 is 0.812 bits per heavy atom. The van der Waals surface area contributed by atoms with Crippen molar-refractivity contribution in [3.8, 4) is 0 Å². The Morgan fingerprint density at radius 2 is 1.31 bits per heavy atom. The van der Waals surface area contributed by atoms with Gasteiger partial charge in [0.15, 0.2) is 0 Å². The molecule has 3 rings (SSSR count). The molecule has 0 bridgehead atoms. The van der Waals surface area contributed by atoms with Crippen molar-refractivity contribution < 1.29 is 0 Å². The number of nitrogens with two attached hydrogens (primary N) is 2. The van der Waals surface area contributed by atoms with Crippen molar-refractivity contribution in [1.82, 2.24) is 0 Å². The number of nitrogen functional groups attached to an aromatic ring is 2. The van der Waals surface area contributed by atoms with Gasteiger partial charge in [0, 0.05) is 0 Å². The van der Waals surface area contributed by atoms with E-state index < -0.39 is 0 Å². The summed E-state index contributed by atoms with van der Waals surface area (Å²) in [6.45, 7) is 0. The SMILES string of the molecule is Nc1ccc2c(c1)=[Te]=c1cc(N)ccc1=C=2. The van der Waals surface area contributed by atoms with Crippen LogP contribution < -0.4 is 21.9 Å². The van der Waals surface area contributed by atoms with Crippen LogP contribution in [0.3, 0.4) is 0 Å². The molecule has 0 amide bonds. The van der Waals surface area contributed by atoms with Crippen LogP contribution in [-0.2, 0) is 0 Å². The molecule has 1 heterocycles. The molecule has 0 fully saturated rings. The standard InChI is InChI=1S/C13H10N2Te/c14-10-3-1-8-5-9-2-4-11(15)7-13(9)16-12(8)6-10/h1-4,6-7H,14-15H2. The quantitative estimate of drug-likeness (QED) is 0.446. The van der Waals surface area contributed by atoms with E-state index in [0.717, 1.165) is 11.4 Å². The molecule has 0 saturated carbocycles. The van der Waals surface area contributed by atoms with Crippen LogP contribution in [0.15, 0.2) is 36.4 Å². The van der Waals surface area contributed by atoms with Gasteiger partial charge >= 0.3 is 102 Å². The van der Waals surface area contributed by atoms with Crippen molar-refractivity contribution in [3.63, 3.8) is 0 Å². The van der Waals surface area contributed by atoms with Crippen LogP contribution in [-0.4, -0.2) is 20.0 Å². The average molecular weight is 322 g/mol. The molecule has 1 aliphatic heterocycles. The summed E-state index contributed by atoms with van der Waals surface area (Å²) in [7, 11) is 0. The van der Waals surface area contributed by atoms with Gasteiger partial charge in [-0.3, -0.25) is 0 Å². The molecule has 1 aliphatic rings. The third-order valence-corrected chi connectivity index (χ3v) is 5.68. The second kappa shape index (κ2) is 3.57. The summed E-state index contributed by atoms with van der Waals surface area (Å²) in [6, 6.07) is 12.1. The minimum absolute atomic E-state index is 0.374. The molecule has 0 unspecified atom stereocenters. The fourth-order valence-electron chi connectivity index (χ4n) is 1.72. The van der Waals surface area contributed by atoms with Gasteiger partial charge in [0.05, 0.1) is 0 Å². The minimum atomic E-state index is -0.374. The third kappa shape index (κ3) is 1.60. The van der Waals surface area contributed by atoms with E-state index in [1.807, 2.05) is 12.1 Å². The van der Waals surface area contributed by atoms with E-state index in [1.54, 1.807) is 0 Å². The first kappa shape index (κ1) is 9.81. The predicted molar refractivity (Wildman–Crippen MR) is 66.9 cm³/mol. The topological polar surface area (TPSA) is 52.0 Å². The van der Waals surface area contributed by atoms with Gasteiger partial charge in [-0.15, -0.1) is 0 Å². The molecule has 0 aliphatic carbocycles. The first-order chi connectivity index (χ1) is 7.72. The zero-order valence-corrected chi connectivity index (χ0v) is 10.9. The molecule has 4 N–H and O–H groups in total. The Hall–Kier alpha value is -1.39. The summed E-state index contributed by atoms with van der Waals surface area (Å²) in [5.41, 5.74) is 16.7. The summed E-state index contributed by atoms with van der Waals surface area (Å²) in [4.78, 5) is 0. The van der Waals surface area contributed by atoms with Crippen molar-refractivity contribution in [2.24, 2.45) is 0 Å². The Balaban J connectivity index is 2.66. The molecule has 0 atom stereocenters. The number of benzene rings is 2. The van der Waals surface area contributed by atoms with E-state index in [-0.39, 0.29) is 20.0 Å². The maximum absolute atomic E-state index is 5.80. The number of rotatable bonds is 0. The van der Waals surface area contributed by atoms with Crippen molar-refractivity contribution in [1.29, 1.82) is 0 Å². The predicted octanol–water partition coefficient (Wildman–Crippen LogP) is -0.178. The van der Waals surface area contributed by atoms with E-state index in [0.29, 0.717) is 0 Å². The van der Waals surface area contributed by atoms with Crippen LogP contribution >= 0.6 is 0 Å². The van der Waals surface area contributed by atoms with Crippen LogP contribution in [0, 0.1) is 6.39 Å². The Morgan fingerprint density at radius 3 is 1.81 bits per heavy atom. The van der Waals surface area contributed by atoms with Gasteiger partial charge < -0.3 is 0 Å². The molecule has 0 radical (unpaired) electrons. The zero-order valence-electron chi connectivity index (χ0n) is 8.53. The molecule has 0 aromatic heterocycles. The average Bonchev–Trinajstić information content (AvgIpc) is 2.26. The van der Waals surface area contributed by atoms with Crippen LogP contribution in [0.2, 0.25) is 0 Å². The summed E-state index contributed by atoms with van der Waals surface area (Å²) in [6.07, 6.45) is 0. The Bertz CT molecular complexity index is 777. The molecule has 0 spiro atoms. The van der Waals surface area contributed by atoms with E-state index in [4.69, 9.17) is 11.5 Å². The fourth-order valence-corrected chi connectivity index (χ4v) is 4.81. The van der Waals surface area contributed by atoms with Crippen molar-refractivity contribution in [2.75, 3.05) is 11.5 Å². The summed E-state index contributed by atoms with van der Waals surface area (Å²) in [5, 5.41) is 2.38. The second-order valence-electron chi connectivity index (χ2n) is 3.74. The Labute approximate surface area is 102 Å². The van der Waals surface area contributed by atoms with Gasteiger partial charge in [-0.1, -0.05) is 0 Å². The van der Waals surface area contributed by atoms with Gasteiger partial charge in [-0.2, -0.15) is 0 Å². The fraction of sp³-hybridized carbons (Fsp3) is 0. The summed E-state index contributed by atoms with van der Waals surface area (Å²) >= 11 is -0.374. The van der Waals surface area contributed by atoms with Gasteiger partial charge in [-0.25, -0.2) is 0 Å². The van der Waals surface area contributed by atoms with E-state index in [2.05, 4.69) is 30.0 Å². The monoisotopic (exact) mass is 324 g/mol. The molecule has 16 heavy (non-hydrogen) atoms. The van der Waals surface area contributed by atoms with Crippen molar-refractivity contribution in [2.45, 2.75) is 0 Å². The molecule has 78 valence electrons. The molecule has 3 heteroatoms. The van der Waals surface area contributed by atoms with Crippen LogP contribution in [0.4, 0.5) is 11.4 Å². The van der Waals surface area contributed by atoms with Gasteiger partial charge in [0.2, 0.25) is 0 Å². The molecule has 0 saturated heterocycles. The molecule has 2 nitrogen and oxygen atoms in total. The summed E-state index contributed by atoms with van der Waals surface area (Å²) < 4.78 is 2.70. The number of hydrogen-bond acceptors (Lipinski definition) is 2. The maximum atomic E-state index is 5.80. The van der Waals surface area contributed by atoms with E-state index in [1.165, 1.54) is 16.8 Å². The van der Waals surface area contributed by atoms with Crippen molar-refractivity contribution in [3.05, 3.63) is 53.2 Å². The number of hydrogen-bond donors (Lipinski definition) is 2.